The van der Waals surface area contributed by atoms with Crippen LogP contribution in [0.15, 0.2) is 42.7 Å². The zero-order valence-corrected chi connectivity index (χ0v) is 15.2. The van der Waals surface area contributed by atoms with Gasteiger partial charge in [-0.05, 0) is 31.2 Å². The number of hydrogen-bond donors (Lipinski definition) is 1. The van der Waals surface area contributed by atoms with Crippen molar-refractivity contribution in [3.8, 4) is 0 Å². The monoisotopic (exact) mass is 340 g/mol. The molecule has 5 nitrogen and oxygen atoms in total. The minimum Gasteiger partial charge on any atom is -0.338 e. The van der Waals surface area contributed by atoms with Crippen LogP contribution in [0.2, 0.25) is 0 Å². The van der Waals surface area contributed by atoms with E-state index in [0.717, 1.165) is 31.8 Å². The van der Waals surface area contributed by atoms with Crippen molar-refractivity contribution < 1.29 is 4.79 Å². The van der Waals surface area contributed by atoms with Crippen LogP contribution >= 0.6 is 0 Å². The summed E-state index contributed by atoms with van der Waals surface area (Å²) in [5, 5.41) is 3.07. The van der Waals surface area contributed by atoms with Gasteiger partial charge >= 0.3 is 6.03 Å². The van der Waals surface area contributed by atoms with Crippen LogP contribution in [0.25, 0.3) is 0 Å². The van der Waals surface area contributed by atoms with Crippen LogP contribution in [0.4, 0.5) is 4.79 Å². The topological polar surface area (TPSA) is 50.2 Å². The highest BCUT2D eigenvalue weighted by Gasteiger charge is 2.28. The summed E-state index contributed by atoms with van der Waals surface area (Å²) in [4.78, 5) is 18.9. The minimum atomic E-state index is 0.0558. The molecule has 0 spiro atoms. The molecule has 2 atom stereocenters. The molecule has 1 fully saturated rings. The number of benzene rings is 1. The molecule has 2 aromatic rings. The van der Waals surface area contributed by atoms with Crippen LogP contribution < -0.4 is 5.32 Å². The van der Waals surface area contributed by atoms with Crippen LogP contribution in [-0.4, -0.2) is 39.6 Å². The Kier molecular flexibility index (Phi) is 5.74. The van der Waals surface area contributed by atoms with Gasteiger partial charge in [0.1, 0.15) is 5.82 Å². The van der Waals surface area contributed by atoms with Crippen molar-refractivity contribution >= 4 is 6.03 Å². The van der Waals surface area contributed by atoms with Crippen molar-refractivity contribution in [2.24, 2.45) is 5.92 Å². The SMILES string of the molecule is CC1CCCN(C(=O)NCCc2nccn2Cc2ccccc2)C1C. The van der Waals surface area contributed by atoms with Crippen molar-refractivity contribution in [3.05, 3.63) is 54.1 Å². The molecule has 0 radical (unpaired) electrons. The second kappa shape index (κ2) is 8.19. The molecular weight excluding hydrogens is 312 g/mol. The third-order valence-electron chi connectivity index (χ3n) is 5.26. The predicted octanol–water partition coefficient (Wildman–Crippen LogP) is 3.30. The number of hydrogen-bond acceptors (Lipinski definition) is 2. The number of likely N-dealkylation sites (tertiary alicyclic amines) is 1. The van der Waals surface area contributed by atoms with Crippen molar-refractivity contribution in [2.45, 2.75) is 45.7 Å². The maximum absolute atomic E-state index is 12.4. The first-order valence-electron chi connectivity index (χ1n) is 9.23. The first kappa shape index (κ1) is 17.5. The Morgan fingerprint density at radius 1 is 1.28 bits per heavy atom. The van der Waals surface area contributed by atoms with E-state index in [1.807, 2.05) is 35.5 Å². The van der Waals surface area contributed by atoms with Gasteiger partial charge in [0.2, 0.25) is 0 Å². The first-order chi connectivity index (χ1) is 12.1. The summed E-state index contributed by atoms with van der Waals surface area (Å²) in [5.74, 6) is 1.58. The number of carbonyl (C=O) groups is 1. The zero-order valence-electron chi connectivity index (χ0n) is 15.2. The molecule has 0 aliphatic carbocycles. The molecule has 2 heterocycles. The molecule has 25 heavy (non-hydrogen) atoms. The lowest BCUT2D eigenvalue weighted by Crippen LogP contribution is -2.50. The Morgan fingerprint density at radius 2 is 2.08 bits per heavy atom. The fourth-order valence-electron chi connectivity index (χ4n) is 3.50. The van der Waals surface area contributed by atoms with E-state index in [-0.39, 0.29) is 6.03 Å². The maximum Gasteiger partial charge on any atom is 0.317 e. The first-order valence-corrected chi connectivity index (χ1v) is 9.23. The van der Waals surface area contributed by atoms with Crippen molar-refractivity contribution in [1.82, 2.24) is 19.8 Å². The Labute approximate surface area is 150 Å². The minimum absolute atomic E-state index is 0.0558. The second-order valence-corrected chi connectivity index (χ2v) is 6.99. The summed E-state index contributed by atoms with van der Waals surface area (Å²) >= 11 is 0. The van der Waals surface area contributed by atoms with E-state index in [4.69, 9.17) is 0 Å². The van der Waals surface area contributed by atoms with Crippen LogP contribution in [0.1, 0.15) is 38.1 Å². The van der Waals surface area contributed by atoms with Gasteiger partial charge in [0.15, 0.2) is 0 Å². The predicted molar refractivity (Wildman–Crippen MR) is 99.4 cm³/mol. The molecule has 134 valence electrons. The smallest absolute Gasteiger partial charge is 0.317 e. The fourth-order valence-corrected chi connectivity index (χ4v) is 3.50. The molecule has 0 saturated carbocycles. The highest BCUT2D eigenvalue weighted by molar-refractivity contribution is 5.74. The van der Waals surface area contributed by atoms with Gasteiger partial charge in [-0.25, -0.2) is 9.78 Å². The Balaban J connectivity index is 1.51. The molecule has 5 heteroatoms. The fraction of sp³-hybridized carbons (Fsp3) is 0.500. The Hall–Kier alpha value is -2.30. The standard InChI is InChI=1S/C20H28N4O/c1-16-7-6-13-24(17(16)2)20(25)22-11-10-19-21-12-14-23(19)15-18-8-4-3-5-9-18/h3-5,8-9,12,14,16-17H,6-7,10-11,13,15H2,1-2H3,(H,22,25). The van der Waals surface area contributed by atoms with Gasteiger partial charge in [-0.2, -0.15) is 0 Å². The van der Waals surface area contributed by atoms with E-state index >= 15 is 0 Å². The van der Waals surface area contributed by atoms with Crippen LogP contribution in [0, 0.1) is 5.92 Å². The van der Waals surface area contributed by atoms with Gasteiger partial charge in [0, 0.05) is 44.5 Å². The molecule has 1 aromatic heterocycles. The van der Waals surface area contributed by atoms with Crippen molar-refractivity contribution in [2.75, 3.05) is 13.1 Å². The zero-order chi connectivity index (χ0) is 17.6. The lowest BCUT2D eigenvalue weighted by molar-refractivity contribution is 0.129. The molecule has 2 unspecified atom stereocenters. The maximum atomic E-state index is 12.4. The van der Waals surface area contributed by atoms with Gasteiger partial charge < -0.3 is 14.8 Å². The van der Waals surface area contributed by atoms with Gasteiger partial charge in [-0.3, -0.25) is 0 Å². The van der Waals surface area contributed by atoms with E-state index in [1.165, 1.54) is 12.0 Å². The van der Waals surface area contributed by atoms with E-state index in [0.29, 0.717) is 18.5 Å². The van der Waals surface area contributed by atoms with Gasteiger partial charge in [-0.15, -0.1) is 0 Å². The number of urea groups is 1. The average Bonchev–Trinajstić information content (AvgIpc) is 3.05. The summed E-state index contributed by atoms with van der Waals surface area (Å²) < 4.78 is 2.15. The number of rotatable bonds is 5. The molecular formula is C20H28N4O. The number of imidazole rings is 1. The van der Waals surface area contributed by atoms with Crippen LogP contribution in [-0.2, 0) is 13.0 Å². The summed E-state index contributed by atoms with van der Waals surface area (Å²) in [6.07, 6.45) is 6.87. The van der Waals surface area contributed by atoms with E-state index < -0.39 is 0 Å². The van der Waals surface area contributed by atoms with Gasteiger partial charge in [-0.1, -0.05) is 37.3 Å². The molecule has 1 aliphatic rings. The van der Waals surface area contributed by atoms with E-state index in [1.54, 1.807) is 0 Å². The number of aromatic nitrogens is 2. The molecule has 3 rings (SSSR count). The van der Waals surface area contributed by atoms with Crippen molar-refractivity contribution in [3.63, 3.8) is 0 Å². The summed E-state index contributed by atoms with van der Waals surface area (Å²) in [7, 11) is 0. The number of amides is 2. The van der Waals surface area contributed by atoms with Crippen LogP contribution in [0.3, 0.4) is 0 Å². The molecule has 1 saturated heterocycles. The summed E-state index contributed by atoms with van der Waals surface area (Å²) in [6.45, 7) is 6.66. The number of nitrogens with zero attached hydrogens (tertiary/aromatic N) is 3. The third-order valence-corrected chi connectivity index (χ3v) is 5.26. The molecule has 1 aliphatic heterocycles. The number of nitrogens with one attached hydrogen (secondary N) is 1. The second-order valence-electron chi connectivity index (χ2n) is 6.99. The number of piperidine rings is 1. The molecule has 2 amide bonds. The van der Waals surface area contributed by atoms with E-state index in [9.17, 15) is 4.79 Å². The highest BCUT2D eigenvalue weighted by Crippen LogP contribution is 2.22. The largest absolute Gasteiger partial charge is 0.338 e. The lowest BCUT2D eigenvalue weighted by atomic mass is 9.92. The number of carbonyl (C=O) groups excluding carboxylic acids is 1. The average molecular weight is 340 g/mol. The van der Waals surface area contributed by atoms with Crippen molar-refractivity contribution in [1.29, 1.82) is 0 Å². The van der Waals surface area contributed by atoms with Gasteiger partial charge in [0.25, 0.3) is 0 Å². The molecule has 1 N–H and O–H groups in total. The van der Waals surface area contributed by atoms with E-state index in [2.05, 4.69) is 40.8 Å². The Bertz CT molecular complexity index is 682. The summed E-state index contributed by atoms with van der Waals surface area (Å²) in [5.41, 5.74) is 1.25. The normalized spacial score (nSPS) is 20.5. The quantitative estimate of drug-likeness (QED) is 0.908. The van der Waals surface area contributed by atoms with Gasteiger partial charge in [0.05, 0.1) is 0 Å². The third kappa shape index (κ3) is 4.41. The Morgan fingerprint density at radius 3 is 2.88 bits per heavy atom. The molecule has 1 aromatic carbocycles. The highest BCUT2D eigenvalue weighted by atomic mass is 16.2. The summed E-state index contributed by atoms with van der Waals surface area (Å²) in [6, 6.07) is 10.7. The lowest BCUT2D eigenvalue weighted by Gasteiger charge is -2.37. The molecule has 0 bridgehead atoms. The van der Waals surface area contributed by atoms with Crippen LogP contribution in [0.5, 0.6) is 0 Å².